The number of aliphatic hydroxyl groups excluding tert-OH is 1. The first kappa shape index (κ1) is 15.1. The van der Waals surface area contributed by atoms with Gasteiger partial charge in [-0.25, -0.2) is 4.98 Å². The zero-order chi connectivity index (χ0) is 13.6. The molecule has 2 N–H and O–H groups in total. The van der Waals surface area contributed by atoms with Crippen molar-refractivity contribution in [2.24, 2.45) is 0 Å². The van der Waals surface area contributed by atoms with Gasteiger partial charge in [0.25, 0.3) is 5.91 Å². The summed E-state index contributed by atoms with van der Waals surface area (Å²) < 4.78 is 5.08. The summed E-state index contributed by atoms with van der Waals surface area (Å²) in [7, 11) is 1.57. The van der Waals surface area contributed by atoms with Crippen molar-refractivity contribution in [3.63, 3.8) is 0 Å². The van der Waals surface area contributed by atoms with E-state index in [2.05, 4.69) is 10.3 Å². The minimum Gasteiger partial charge on any atom is -0.396 e. The second-order valence-electron chi connectivity index (χ2n) is 4.39. The number of aliphatic hydroxyl groups is 1. The van der Waals surface area contributed by atoms with Gasteiger partial charge in [0.15, 0.2) is 0 Å². The first-order valence-electron chi connectivity index (χ1n) is 5.91. The lowest BCUT2D eigenvalue weighted by molar-refractivity contribution is 0.0729. The summed E-state index contributed by atoms with van der Waals surface area (Å²) in [4.78, 5) is 16.8. The second kappa shape index (κ2) is 6.82. The normalized spacial score (nSPS) is 14.2. The topological polar surface area (TPSA) is 71.5 Å². The Morgan fingerprint density at radius 1 is 1.67 bits per heavy atom. The lowest BCUT2D eigenvalue weighted by Crippen LogP contribution is -2.49. The molecule has 0 saturated heterocycles. The number of methoxy groups -OCH3 is 1. The second-order valence-corrected chi connectivity index (χ2v) is 5.51. The molecular weight excluding hydrogens is 252 g/mol. The van der Waals surface area contributed by atoms with E-state index in [1.165, 1.54) is 11.3 Å². The standard InChI is InChI=1S/C12H20N2O3S/c1-4-10-13-7-9(18-10)11(16)14-12(2,5-6-15)8-17-3/h7,15H,4-6,8H2,1-3H3,(H,14,16). The number of hydrogen-bond donors (Lipinski definition) is 2. The highest BCUT2D eigenvalue weighted by molar-refractivity contribution is 7.13. The minimum absolute atomic E-state index is 0.00302. The Hall–Kier alpha value is -0.980. The van der Waals surface area contributed by atoms with E-state index in [0.29, 0.717) is 17.9 Å². The summed E-state index contributed by atoms with van der Waals surface area (Å²) in [5, 5.41) is 12.9. The van der Waals surface area contributed by atoms with Gasteiger partial charge in [0, 0.05) is 13.7 Å². The molecule has 0 aliphatic carbocycles. The third kappa shape index (κ3) is 4.04. The van der Waals surface area contributed by atoms with Crippen LogP contribution in [0.5, 0.6) is 0 Å². The van der Waals surface area contributed by atoms with E-state index in [1.807, 2.05) is 13.8 Å². The number of rotatable bonds is 7. The van der Waals surface area contributed by atoms with Gasteiger partial charge in [0.05, 0.1) is 23.4 Å². The third-order valence-electron chi connectivity index (χ3n) is 2.62. The molecule has 0 radical (unpaired) electrons. The highest BCUT2D eigenvalue weighted by Crippen LogP contribution is 2.16. The van der Waals surface area contributed by atoms with Gasteiger partial charge in [-0.3, -0.25) is 4.79 Å². The Morgan fingerprint density at radius 2 is 2.39 bits per heavy atom. The van der Waals surface area contributed by atoms with Gasteiger partial charge in [0.2, 0.25) is 0 Å². The third-order valence-corrected chi connectivity index (χ3v) is 3.76. The molecule has 5 nitrogen and oxygen atoms in total. The number of ether oxygens (including phenoxy) is 1. The Kier molecular flexibility index (Phi) is 5.71. The molecule has 102 valence electrons. The first-order chi connectivity index (χ1) is 8.54. The summed E-state index contributed by atoms with van der Waals surface area (Å²) in [6.45, 7) is 4.22. The van der Waals surface area contributed by atoms with Crippen LogP contribution in [0.4, 0.5) is 0 Å². The van der Waals surface area contributed by atoms with Crippen LogP contribution in [-0.4, -0.2) is 41.9 Å². The van der Waals surface area contributed by atoms with Crippen LogP contribution in [0.25, 0.3) is 0 Å². The lowest BCUT2D eigenvalue weighted by atomic mass is 9.99. The summed E-state index contributed by atoms with van der Waals surface area (Å²) in [6.07, 6.45) is 2.86. The fourth-order valence-corrected chi connectivity index (χ4v) is 2.40. The zero-order valence-corrected chi connectivity index (χ0v) is 11.8. The fourth-order valence-electron chi connectivity index (χ4n) is 1.65. The number of hydrogen-bond acceptors (Lipinski definition) is 5. The molecule has 1 aromatic rings. The number of aromatic nitrogens is 1. The number of thiazole rings is 1. The van der Waals surface area contributed by atoms with E-state index in [-0.39, 0.29) is 12.5 Å². The smallest absolute Gasteiger partial charge is 0.263 e. The van der Waals surface area contributed by atoms with Crippen LogP contribution in [-0.2, 0) is 11.2 Å². The van der Waals surface area contributed by atoms with Crippen LogP contribution >= 0.6 is 11.3 Å². The summed E-state index contributed by atoms with van der Waals surface area (Å²) >= 11 is 1.39. The van der Waals surface area contributed by atoms with E-state index in [4.69, 9.17) is 9.84 Å². The predicted octanol–water partition coefficient (Wildman–Crippen LogP) is 1.22. The number of nitrogens with one attached hydrogen (secondary N) is 1. The van der Waals surface area contributed by atoms with Gasteiger partial charge in [-0.15, -0.1) is 11.3 Å². The van der Waals surface area contributed by atoms with Crippen molar-refractivity contribution in [1.29, 1.82) is 0 Å². The SMILES string of the molecule is CCc1ncc(C(=O)NC(C)(CCO)COC)s1. The van der Waals surface area contributed by atoms with Crippen LogP contribution in [0.1, 0.15) is 34.9 Å². The van der Waals surface area contributed by atoms with E-state index >= 15 is 0 Å². The number of aryl methyl sites for hydroxylation is 1. The van der Waals surface area contributed by atoms with E-state index in [0.717, 1.165) is 11.4 Å². The predicted molar refractivity (Wildman–Crippen MR) is 70.9 cm³/mol. The van der Waals surface area contributed by atoms with Crippen molar-refractivity contribution < 1.29 is 14.6 Å². The van der Waals surface area contributed by atoms with Crippen LogP contribution in [0, 0.1) is 0 Å². The summed E-state index contributed by atoms with van der Waals surface area (Å²) in [5.41, 5.74) is -0.559. The van der Waals surface area contributed by atoms with Crippen molar-refractivity contribution in [1.82, 2.24) is 10.3 Å². The summed E-state index contributed by atoms with van der Waals surface area (Å²) in [6, 6.07) is 0. The van der Waals surface area contributed by atoms with Gasteiger partial charge in [-0.2, -0.15) is 0 Å². The Balaban J connectivity index is 2.71. The van der Waals surface area contributed by atoms with Crippen molar-refractivity contribution in [3.05, 3.63) is 16.1 Å². The molecule has 1 heterocycles. The van der Waals surface area contributed by atoms with Crippen LogP contribution in [0.15, 0.2) is 6.20 Å². The molecule has 1 amide bonds. The number of amides is 1. The van der Waals surface area contributed by atoms with Gasteiger partial charge >= 0.3 is 0 Å². The van der Waals surface area contributed by atoms with Crippen molar-refractivity contribution in [3.8, 4) is 0 Å². The highest BCUT2D eigenvalue weighted by atomic mass is 32.1. The van der Waals surface area contributed by atoms with Crippen LogP contribution in [0.3, 0.4) is 0 Å². The molecule has 0 aliphatic heterocycles. The highest BCUT2D eigenvalue weighted by Gasteiger charge is 2.27. The molecule has 1 atom stereocenters. The van der Waals surface area contributed by atoms with Crippen molar-refractivity contribution in [2.45, 2.75) is 32.2 Å². The van der Waals surface area contributed by atoms with Gasteiger partial charge in [0.1, 0.15) is 4.88 Å². The zero-order valence-electron chi connectivity index (χ0n) is 11.0. The molecule has 0 aromatic carbocycles. The van der Waals surface area contributed by atoms with E-state index in [9.17, 15) is 4.79 Å². The molecule has 0 aliphatic rings. The molecule has 1 aromatic heterocycles. The largest absolute Gasteiger partial charge is 0.396 e. The average molecular weight is 272 g/mol. The molecule has 6 heteroatoms. The molecule has 0 spiro atoms. The monoisotopic (exact) mass is 272 g/mol. The molecule has 1 unspecified atom stereocenters. The molecule has 18 heavy (non-hydrogen) atoms. The molecule has 0 fully saturated rings. The Bertz CT molecular complexity index is 386. The quantitative estimate of drug-likeness (QED) is 0.783. The van der Waals surface area contributed by atoms with Gasteiger partial charge < -0.3 is 15.2 Å². The van der Waals surface area contributed by atoms with Crippen molar-refractivity contribution >= 4 is 17.2 Å². The van der Waals surface area contributed by atoms with E-state index in [1.54, 1.807) is 13.3 Å². The van der Waals surface area contributed by atoms with Crippen LogP contribution < -0.4 is 5.32 Å². The van der Waals surface area contributed by atoms with Crippen molar-refractivity contribution in [2.75, 3.05) is 20.3 Å². The van der Waals surface area contributed by atoms with E-state index < -0.39 is 5.54 Å². The maximum absolute atomic E-state index is 12.1. The molecule has 0 bridgehead atoms. The van der Waals surface area contributed by atoms with Gasteiger partial charge in [-0.05, 0) is 19.8 Å². The lowest BCUT2D eigenvalue weighted by Gasteiger charge is -2.29. The Labute approximate surface area is 111 Å². The molecule has 0 saturated carbocycles. The number of nitrogens with zero attached hydrogens (tertiary/aromatic N) is 1. The minimum atomic E-state index is -0.559. The molecular formula is C12H20N2O3S. The number of carbonyl (C=O) groups excluding carboxylic acids is 1. The first-order valence-corrected chi connectivity index (χ1v) is 6.73. The average Bonchev–Trinajstić information content (AvgIpc) is 2.77. The maximum Gasteiger partial charge on any atom is 0.263 e. The van der Waals surface area contributed by atoms with Crippen LogP contribution in [0.2, 0.25) is 0 Å². The Morgan fingerprint density at radius 3 is 2.89 bits per heavy atom. The molecule has 1 rings (SSSR count). The van der Waals surface area contributed by atoms with Gasteiger partial charge in [-0.1, -0.05) is 6.92 Å². The maximum atomic E-state index is 12.1. The fraction of sp³-hybridized carbons (Fsp3) is 0.667. The summed E-state index contributed by atoms with van der Waals surface area (Å²) in [5.74, 6) is -0.166. The number of carbonyl (C=O) groups is 1.